The molecule has 1 rings (SSSR count). The van der Waals surface area contributed by atoms with Crippen LogP contribution in [0.2, 0.25) is 0 Å². The summed E-state index contributed by atoms with van der Waals surface area (Å²) >= 11 is 0. The van der Waals surface area contributed by atoms with E-state index in [2.05, 4.69) is 34.6 Å². The fraction of sp³-hybridized carbons (Fsp3) is 0.708. The summed E-state index contributed by atoms with van der Waals surface area (Å²) in [5.74, 6) is 0.410. The largest absolute Gasteiger partial charge is 0.460 e. The third-order valence-electron chi connectivity index (χ3n) is 4.52. The van der Waals surface area contributed by atoms with E-state index in [1.807, 2.05) is 51.1 Å². The van der Waals surface area contributed by atoms with Crippen LogP contribution in [0.4, 0.5) is 0 Å². The quantitative estimate of drug-likeness (QED) is 0.279. The SMILES string of the molecule is C[C@@H](CC(=O)OC(C)(C)C)C[C@H](C)[C@H](OCOCc1ccccc1)C(C)(C)C. The zero-order valence-corrected chi connectivity index (χ0v) is 19.1. The number of benzene rings is 1. The lowest BCUT2D eigenvalue weighted by atomic mass is 9.78. The van der Waals surface area contributed by atoms with Crippen LogP contribution in [0.5, 0.6) is 0 Å². The molecule has 4 heteroatoms. The minimum Gasteiger partial charge on any atom is -0.460 e. The van der Waals surface area contributed by atoms with Gasteiger partial charge in [0.05, 0.1) is 12.7 Å². The number of hydrogen-bond acceptors (Lipinski definition) is 4. The molecule has 0 saturated carbocycles. The van der Waals surface area contributed by atoms with Crippen molar-refractivity contribution in [2.75, 3.05) is 6.79 Å². The monoisotopic (exact) mass is 392 g/mol. The van der Waals surface area contributed by atoms with Gasteiger partial charge in [-0.2, -0.15) is 0 Å². The highest BCUT2D eigenvalue weighted by molar-refractivity contribution is 5.70. The van der Waals surface area contributed by atoms with Crippen molar-refractivity contribution < 1.29 is 19.0 Å². The lowest BCUT2D eigenvalue weighted by molar-refractivity contribution is -0.157. The molecule has 28 heavy (non-hydrogen) atoms. The molecule has 160 valence electrons. The smallest absolute Gasteiger partial charge is 0.306 e. The van der Waals surface area contributed by atoms with Crippen molar-refractivity contribution in [2.24, 2.45) is 17.3 Å². The summed E-state index contributed by atoms with van der Waals surface area (Å²) in [6, 6.07) is 10.1. The second-order valence-corrected chi connectivity index (χ2v) is 10.0. The third-order valence-corrected chi connectivity index (χ3v) is 4.52. The Morgan fingerprint density at radius 3 is 2.14 bits per heavy atom. The maximum absolute atomic E-state index is 12.1. The zero-order valence-electron chi connectivity index (χ0n) is 19.1. The molecule has 3 atom stereocenters. The van der Waals surface area contributed by atoms with Crippen molar-refractivity contribution in [3.63, 3.8) is 0 Å². The lowest BCUT2D eigenvalue weighted by Crippen LogP contribution is -2.37. The van der Waals surface area contributed by atoms with Crippen molar-refractivity contribution in [1.29, 1.82) is 0 Å². The van der Waals surface area contributed by atoms with Gasteiger partial charge in [0.25, 0.3) is 0 Å². The Bertz CT molecular complexity index is 569. The minimum absolute atomic E-state index is 0.0127. The van der Waals surface area contributed by atoms with Crippen LogP contribution in [-0.4, -0.2) is 24.5 Å². The van der Waals surface area contributed by atoms with Crippen molar-refractivity contribution in [2.45, 2.75) is 86.5 Å². The fourth-order valence-corrected chi connectivity index (χ4v) is 3.63. The molecule has 0 aliphatic carbocycles. The second-order valence-electron chi connectivity index (χ2n) is 10.0. The van der Waals surface area contributed by atoms with Crippen molar-refractivity contribution in [1.82, 2.24) is 0 Å². The first-order valence-electron chi connectivity index (χ1n) is 10.3. The van der Waals surface area contributed by atoms with Gasteiger partial charge in [0.1, 0.15) is 12.4 Å². The Labute approximate surface area is 172 Å². The van der Waals surface area contributed by atoms with Crippen LogP contribution in [0.1, 0.15) is 73.8 Å². The standard InChI is InChI=1S/C24H40O4/c1-18(15-21(25)28-24(6,7)8)14-19(2)22(23(3,4)5)27-17-26-16-20-12-10-9-11-13-20/h9-13,18-19,22H,14-17H2,1-8H3/t18-,19+,22+/m1/s1. The van der Waals surface area contributed by atoms with Crippen LogP contribution < -0.4 is 0 Å². The summed E-state index contributed by atoms with van der Waals surface area (Å²) in [6.45, 7) is 17.4. The number of carbonyl (C=O) groups is 1. The van der Waals surface area contributed by atoms with Crippen molar-refractivity contribution in [3.05, 3.63) is 35.9 Å². The van der Waals surface area contributed by atoms with Gasteiger partial charge < -0.3 is 14.2 Å². The average Bonchev–Trinajstić information content (AvgIpc) is 2.52. The molecule has 0 aromatic heterocycles. The van der Waals surface area contributed by atoms with Crippen LogP contribution in [0.3, 0.4) is 0 Å². The molecule has 1 aromatic rings. The van der Waals surface area contributed by atoms with E-state index in [1.54, 1.807) is 0 Å². The Morgan fingerprint density at radius 2 is 1.61 bits per heavy atom. The molecule has 1 aromatic carbocycles. The fourth-order valence-electron chi connectivity index (χ4n) is 3.63. The van der Waals surface area contributed by atoms with E-state index in [1.165, 1.54) is 0 Å². The lowest BCUT2D eigenvalue weighted by Gasteiger charge is -2.36. The van der Waals surface area contributed by atoms with Gasteiger partial charge in [-0.1, -0.05) is 65.0 Å². The van der Waals surface area contributed by atoms with E-state index in [0.29, 0.717) is 18.9 Å². The highest BCUT2D eigenvalue weighted by Gasteiger charge is 2.32. The molecule has 4 nitrogen and oxygen atoms in total. The molecule has 0 aliphatic heterocycles. The highest BCUT2D eigenvalue weighted by atomic mass is 16.7. The molecule has 0 radical (unpaired) electrons. The number of ether oxygens (including phenoxy) is 3. The van der Waals surface area contributed by atoms with Gasteiger partial charge in [0.2, 0.25) is 0 Å². The second kappa shape index (κ2) is 11.0. The molecular formula is C24H40O4. The zero-order chi connectivity index (χ0) is 21.4. The molecule has 0 heterocycles. The molecule has 0 saturated heterocycles. The summed E-state index contributed by atoms with van der Waals surface area (Å²) in [7, 11) is 0. The Kier molecular flexibility index (Phi) is 9.65. The van der Waals surface area contributed by atoms with Crippen LogP contribution in [0, 0.1) is 17.3 Å². The first-order chi connectivity index (χ1) is 12.9. The number of carbonyl (C=O) groups excluding carboxylic acids is 1. The normalized spacial score (nSPS) is 15.7. The van der Waals surface area contributed by atoms with Crippen LogP contribution in [-0.2, 0) is 25.6 Å². The van der Waals surface area contributed by atoms with Crippen LogP contribution >= 0.6 is 0 Å². The van der Waals surface area contributed by atoms with E-state index >= 15 is 0 Å². The van der Waals surface area contributed by atoms with Crippen LogP contribution in [0.25, 0.3) is 0 Å². The van der Waals surface area contributed by atoms with Gasteiger partial charge in [-0.25, -0.2) is 0 Å². The Morgan fingerprint density at radius 1 is 1.00 bits per heavy atom. The summed E-state index contributed by atoms with van der Waals surface area (Å²) in [6.07, 6.45) is 1.38. The maximum Gasteiger partial charge on any atom is 0.306 e. The Hall–Kier alpha value is -1.39. The predicted molar refractivity (Wildman–Crippen MR) is 114 cm³/mol. The first kappa shape index (κ1) is 24.6. The van der Waals surface area contributed by atoms with E-state index in [0.717, 1.165) is 12.0 Å². The summed E-state index contributed by atoms with van der Waals surface area (Å²) < 4.78 is 17.3. The molecule has 0 N–H and O–H groups in total. The summed E-state index contributed by atoms with van der Waals surface area (Å²) in [5, 5.41) is 0. The highest BCUT2D eigenvalue weighted by Crippen LogP contribution is 2.32. The van der Waals surface area contributed by atoms with Crippen molar-refractivity contribution in [3.8, 4) is 0 Å². The third kappa shape index (κ3) is 10.2. The van der Waals surface area contributed by atoms with E-state index in [9.17, 15) is 4.79 Å². The molecule has 0 aliphatic rings. The van der Waals surface area contributed by atoms with Gasteiger partial charge in [-0.3, -0.25) is 4.79 Å². The summed E-state index contributed by atoms with van der Waals surface area (Å²) in [4.78, 5) is 12.1. The molecule has 0 bridgehead atoms. The maximum atomic E-state index is 12.1. The molecule has 0 fully saturated rings. The van der Waals surface area contributed by atoms with E-state index in [4.69, 9.17) is 14.2 Å². The first-order valence-corrected chi connectivity index (χ1v) is 10.3. The number of hydrogen-bond donors (Lipinski definition) is 0. The van der Waals surface area contributed by atoms with Gasteiger partial charge in [0, 0.05) is 6.42 Å². The molecule has 0 spiro atoms. The average molecular weight is 393 g/mol. The van der Waals surface area contributed by atoms with E-state index in [-0.39, 0.29) is 30.2 Å². The molecule has 0 amide bonds. The van der Waals surface area contributed by atoms with Gasteiger partial charge in [-0.05, 0) is 50.0 Å². The van der Waals surface area contributed by atoms with Gasteiger partial charge in [0.15, 0.2) is 0 Å². The van der Waals surface area contributed by atoms with Crippen molar-refractivity contribution >= 4 is 5.97 Å². The van der Waals surface area contributed by atoms with Crippen LogP contribution in [0.15, 0.2) is 30.3 Å². The Balaban J connectivity index is 2.50. The predicted octanol–water partition coefficient (Wildman–Crippen LogP) is 5.99. The number of esters is 1. The topological polar surface area (TPSA) is 44.8 Å². The van der Waals surface area contributed by atoms with Gasteiger partial charge >= 0.3 is 5.97 Å². The number of rotatable bonds is 10. The molecular weight excluding hydrogens is 352 g/mol. The minimum atomic E-state index is -0.435. The molecule has 0 unspecified atom stereocenters. The summed E-state index contributed by atoms with van der Waals surface area (Å²) in [5.41, 5.74) is 0.689. The van der Waals surface area contributed by atoms with Gasteiger partial charge in [-0.15, -0.1) is 0 Å². The van der Waals surface area contributed by atoms with E-state index < -0.39 is 5.60 Å².